The second-order valence-electron chi connectivity index (χ2n) is 6.38. The molecule has 0 aliphatic rings. The first-order chi connectivity index (χ1) is 11.5. The Balaban J connectivity index is 2.99. The van der Waals surface area contributed by atoms with E-state index in [0.717, 1.165) is 51.4 Å². The van der Waals surface area contributed by atoms with Crippen molar-refractivity contribution in [3.8, 4) is 0 Å². The van der Waals surface area contributed by atoms with E-state index in [1.54, 1.807) is 0 Å². The van der Waals surface area contributed by atoms with Crippen molar-refractivity contribution in [1.82, 2.24) is 0 Å². The molecule has 0 fully saturated rings. The Morgan fingerprint density at radius 3 is 1.29 bits per heavy atom. The smallest absolute Gasteiger partial charge is 0.200 e. The third-order valence-corrected chi connectivity index (χ3v) is 4.46. The number of hydrogen-bond donors (Lipinski definition) is 0. The van der Waals surface area contributed by atoms with Crippen LogP contribution in [0.2, 0.25) is 12.6 Å². The van der Waals surface area contributed by atoms with Gasteiger partial charge in [-0.05, 0) is 5.46 Å². The average molecular weight is 348 g/mol. The molecule has 0 heterocycles. The highest BCUT2D eigenvalue weighted by Crippen LogP contribution is 2.21. The van der Waals surface area contributed by atoms with Gasteiger partial charge in [-0.15, -0.1) is 0 Å². The van der Waals surface area contributed by atoms with E-state index in [2.05, 4.69) is 0 Å². The predicted molar refractivity (Wildman–Crippen MR) is 89.5 cm³/mol. The lowest BCUT2D eigenvalue weighted by Gasteiger charge is -2.17. The van der Waals surface area contributed by atoms with Crippen molar-refractivity contribution in [2.45, 2.75) is 77.9 Å². The predicted octanol–water partition coefficient (Wildman–Crippen LogP) is 6.24. The molecule has 0 N–H and O–H groups in total. The molecule has 1 rings (SSSR count). The molecular weight excluding hydrogens is 322 g/mol. The zero-order valence-electron chi connectivity index (χ0n) is 14.5. The van der Waals surface area contributed by atoms with Crippen LogP contribution in [0.5, 0.6) is 0 Å². The lowest BCUT2D eigenvalue weighted by atomic mass is 9.39. The summed E-state index contributed by atoms with van der Waals surface area (Å²) < 4.78 is 68.4. The normalized spacial score (nSPS) is 11.1. The van der Waals surface area contributed by atoms with Crippen LogP contribution in [0, 0.1) is 29.1 Å². The molecule has 1 aromatic carbocycles. The average Bonchev–Trinajstić information content (AvgIpc) is 2.58. The van der Waals surface area contributed by atoms with Gasteiger partial charge in [-0.1, -0.05) is 77.9 Å². The Kier molecular flexibility index (Phi) is 9.38. The quantitative estimate of drug-likeness (QED) is 0.146. The van der Waals surface area contributed by atoms with Crippen LogP contribution in [0.3, 0.4) is 0 Å². The highest BCUT2D eigenvalue weighted by molar-refractivity contribution is 6.73. The first kappa shape index (κ1) is 21.0. The van der Waals surface area contributed by atoms with Crippen molar-refractivity contribution < 1.29 is 22.0 Å². The fraction of sp³-hybridized carbons (Fsp3) is 0.667. The van der Waals surface area contributed by atoms with Gasteiger partial charge in [0.1, 0.15) is 0 Å². The number of rotatable bonds is 11. The van der Waals surface area contributed by atoms with Crippen LogP contribution in [-0.2, 0) is 0 Å². The molecule has 0 aromatic heterocycles. The first-order valence-corrected chi connectivity index (χ1v) is 8.96. The van der Waals surface area contributed by atoms with Crippen LogP contribution >= 0.6 is 0 Å². The molecule has 0 aliphatic heterocycles. The standard InChI is InChI=1S/C18H26BF5/c1-3-5-7-9-11-19(12-10-8-6-4-2)13-14(20)16(22)18(24)17(23)15(13)21/h3-12H2,1-2H3. The molecule has 0 radical (unpaired) electrons. The number of benzene rings is 1. The maximum absolute atomic E-state index is 14.1. The third kappa shape index (κ3) is 5.49. The summed E-state index contributed by atoms with van der Waals surface area (Å²) in [5.41, 5.74) is -0.626. The van der Waals surface area contributed by atoms with Gasteiger partial charge in [0, 0.05) is 0 Å². The van der Waals surface area contributed by atoms with E-state index in [4.69, 9.17) is 0 Å². The summed E-state index contributed by atoms with van der Waals surface area (Å²) in [7, 11) is 0. The Labute approximate surface area is 141 Å². The minimum Gasteiger partial charge on any atom is -0.204 e. The number of unbranched alkanes of at least 4 members (excludes halogenated alkanes) is 6. The third-order valence-electron chi connectivity index (χ3n) is 4.46. The molecule has 0 amide bonds. The van der Waals surface area contributed by atoms with Crippen LogP contribution in [0.25, 0.3) is 0 Å². The summed E-state index contributed by atoms with van der Waals surface area (Å²) in [6.45, 7) is 3.47. The molecule has 0 unspecified atom stereocenters. The summed E-state index contributed by atoms with van der Waals surface area (Å²) in [6.07, 6.45) is 8.19. The minimum absolute atomic E-state index is 0.449. The molecule has 0 aliphatic carbocycles. The van der Waals surface area contributed by atoms with E-state index < -0.39 is 41.3 Å². The number of halogens is 5. The fourth-order valence-corrected chi connectivity index (χ4v) is 3.05. The van der Waals surface area contributed by atoms with E-state index in [0.29, 0.717) is 12.6 Å². The van der Waals surface area contributed by atoms with E-state index in [9.17, 15) is 22.0 Å². The molecule has 0 atom stereocenters. The lowest BCUT2D eigenvalue weighted by Crippen LogP contribution is -2.37. The van der Waals surface area contributed by atoms with Crippen molar-refractivity contribution in [2.24, 2.45) is 0 Å². The van der Waals surface area contributed by atoms with E-state index in [-0.39, 0.29) is 0 Å². The van der Waals surface area contributed by atoms with E-state index in [1.807, 2.05) is 13.8 Å². The second-order valence-corrected chi connectivity index (χ2v) is 6.38. The van der Waals surface area contributed by atoms with Gasteiger partial charge >= 0.3 is 0 Å². The maximum atomic E-state index is 14.1. The largest absolute Gasteiger partial charge is 0.204 e. The first-order valence-electron chi connectivity index (χ1n) is 8.96. The van der Waals surface area contributed by atoms with Gasteiger partial charge in [-0.25, -0.2) is 22.0 Å². The van der Waals surface area contributed by atoms with Gasteiger partial charge in [0.15, 0.2) is 35.8 Å². The van der Waals surface area contributed by atoms with Crippen molar-refractivity contribution >= 4 is 12.2 Å². The Bertz CT molecular complexity index is 478. The summed E-state index contributed by atoms with van der Waals surface area (Å²) >= 11 is 0. The SMILES string of the molecule is CCCCCCB(CCCCCC)c1c(F)c(F)c(F)c(F)c1F. The highest BCUT2D eigenvalue weighted by atomic mass is 19.2. The number of hydrogen-bond acceptors (Lipinski definition) is 0. The zero-order chi connectivity index (χ0) is 18.1. The zero-order valence-corrected chi connectivity index (χ0v) is 14.5. The topological polar surface area (TPSA) is 0 Å². The molecule has 0 saturated carbocycles. The van der Waals surface area contributed by atoms with Crippen LogP contribution < -0.4 is 5.46 Å². The molecular formula is C18H26BF5. The fourth-order valence-electron chi connectivity index (χ4n) is 3.05. The van der Waals surface area contributed by atoms with Gasteiger partial charge in [0.2, 0.25) is 0 Å². The van der Waals surface area contributed by atoms with Gasteiger partial charge in [-0.2, -0.15) is 0 Å². The van der Waals surface area contributed by atoms with Crippen molar-refractivity contribution in [3.63, 3.8) is 0 Å². The van der Waals surface area contributed by atoms with Crippen LogP contribution in [0.1, 0.15) is 65.2 Å². The Morgan fingerprint density at radius 1 is 0.542 bits per heavy atom. The van der Waals surface area contributed by atoms with Gasteiger partial charge in [0.25, 0.3) is 0 Å². The van der Waals surface area contributed by atoms with Crippen LogP contribution in [0.4, 0.5) is 22.0 Å². The van der Waals surface area contributed by atoms with Crippen LogP contribution in [-0.4, -0.2) is 6.71 Å². The Hall–Kier alpha value is -1.07. The van der Waals surface area contributed by atoms with Crippen molar-refractivity contribution in [1.29, 1.82) is 0 Å². The van der Waals surface area contributed by atoms with Crippen molar-refractivity contribution in [3.05, 3.63) is 29.1 Å². The van der Waals surface area contributed by atoms with Gasteiger partial charge in [-0.3, -0.25) is 0 Å². The molecule has 24 heavy (non-hydrogen) atoms. The highest BCUT2D eigenvalue weighted by Gasteiger charge is 2.31. The molecule has 136 valence electrons. The monoisotopic (exact) mass is 348 g/mol. The van der Waals surface area contributed by atoms with Gasteiger partial charge in [0.05, 0.1) is 0 Å². The van der Waals surface area contributed by atoms with E-state index in [1.165, 1.54) is 0 Å². The summed E-state index contributed by atoms with van der Waals surface area (Å²) in [5.74, 6) is -9.08. The molecule has 0 saturated heterocycles. The lowest BCUT2D eigenvalue weighted by molar-refractivity contribution is 0.383. The summed E-state index contributed by atoms with van der Waals surface area (Å²) in [5, 5.41) is 0. The van der Waals surface area contributed by atoms with Crippen molar-refractivity contribution in [2.75, 3.05) is 0 Å². The molecule has 0 nitrogen and oxygen atoms in total. The molecule has 1 aromatic rings. The Morgan fingerprint density at radius 2 is 0.917 bits per heavy atom. The summed E-state index contributed by atoms with van der Waals surface area (Å²) in [6, 6.07) is 0. The van der Waals surface area contributed by atoms with Crippen LogP contribution in [0.15, 0.2) is 0 Å². The second kappa shape index (κ2) is 10.7. The minimum atomic E-state index is -2.08. The van der Waals surface area contributed by atoms with Gasteiger partial charge < -0.3 is 0 Å². The van der Waals surface area contributed by atoms with E-state index >= 15 is 0 Å². The maximum Gasteiger partial charge on any atom is 0.200 e. The molecule has 0 spiro atoms. The molecule has 0 bridgehead atoms. The molecule has 6 heteroatoms. The summed E-state index contributed by atoms with van der Waals surface area (Å²) in [4.78, 5) is 0.